The second-order valence-corrected chi connectivity index (χ2v) is 6.93. The Morgan fingerprint density at radius 1 is 0.931 bits per heavy atom. The normalized spacial score (nSPS) is 15.0. The zero-order valence-electron chi connectivity index (χ0n) is 15.4. The van der Waals surface area contributed by atoms with E-state index in [1.165, 1.54) is 6.07 Å². The molecule has 5 nitrogen and oxygen atoms in total. The number of amides is 1. The molecule has 0 spiro atoms. The summed E-state index contributed by atoms with van der Waals surface area (Å²) in [5, 5.41) is 0.762. The third-order valence-corrected chi connectivity index (χ3v) is 5.09. The van der Waals surface area contributed by atoms with Gasteiger partial charge < -0.3 is 14.8 Å². The van der Waals surface area contributed by atoms with Crippen LogP contribution in [-0.2, 0) is 6.18 Å². The van der Waals surface area contributed by atoms with Crippen molar-refractivity contribution in [1.82, 2.24) is 9.88 Å². The average molecular weight is 401 g/mol. The van der Waals surface area contributed by atoms with Gasteiger partial charge in [0.15, 0.2) is 0 Å². The minimum Gasteiger partial charge on any atom is -0.368 e. The number of rotatable bonds is 2. The van der Waals surface area contributed by atoms with Crippen LogP contribution < -0.4 is 10.5 Å². The lowest BCUT2D eigenvalue weighted by atomic mass is 10.1. The first-order valence-electron chi connectivity index (χ1n) is 9.16. The molecule has 0 saturated carbocycles. The molecule has 1 aromatic heterocycles. The van der Waals surface area contributed by atoms with Gasteiger partial charge in [0.25, 0.3) is 11.5 Å². The first-order valence-corrected chi connectivity index (χ1v) is 9.16. The summed E-state index contributed by atoms with van der Waals surface area (Å²) in [6, 6.07) is 13.9. The van der Waals surface area contributed by atoms with E-state index in [1.807, 2.05) is 17.0 Å². The number of carbonyl (C=O) groups is 1. The summed E-state index contributed by atoms with van der Waals surface area (Å²) in [5.74, 6) is -0.374. The molecule has 0 unspecified atom stereocenters. The molecule has 1 fully saturated rings. The summed E-state index contributed by atoms with van der Waals surface area (Å²) in [4.78, 5) is 31.2. The van der Waals surface area contributed by atoms with Crippen molar-refractivity contribution in [3.05, 3.63) is 76.1 Å². The molecule has 1 N–H and O–H groups in total. The van der Waals surface area contributed by atoms with Gasteiger partial charge >= 0.3 is 6.18 Å². The van der Waals surface area contributed by atoms with Gasteiger partial charge in [-0.2, -0.15) is 13.2 Å². The van der Waals surface area contributed by atoms with E-state index in [0.717, 1.165) is 17.5 Å². The molecular weight excluding hydrogens is 383 g/mol. The van der Waals surface area contributed by atoms with Crippen LogP contribution in [-0.4, -0.2) is 42.0 Å². The van der Waals surface area contributed by atoms with E-state index in [1.54, 1.807) is 29.2 Å². The fourth-order valence-electron chi connectivity index (χ4n) is 3.52. The third kappa shape index (κ3) is 3.83. The Morgan fingerprint density at radius 3 is 2.38 bits per heavy atom. The van der Waals surface area contributed by atoms with Crippen molar-refractivity contribution >= 4 is 22.5 Å². The van der Waals surface area contributed by atoms with Crippen molar-refractivity contribution in [1.29, 1.82) is 0 Å². The minimum atomic E-state index is -4.40. The van der Waals surface area contributed by atoms with Crippen molar-refractivity contribution in [3.8, 4) is 0 Å². The number of hydrogen-bond acceptors (Lipinski definition) is 3. The summed E-state index contributed by atoms with van der Waals surface area (Å²) in [6.07, 6.45) is -4.40. The number of aromatic amines is 1. The molecule has 8 heteroatoms. The number of pyridine rings is 1. The molecule has 0 atom stereocenters. The highest BCUT2D eigenvalue weighted by molar-refractivity contribution is 5.97. The topological polar surface area (TPSA) is 56.4 Å². The number of nitrogens with zero attached hydrogens (tertiary/aromatic N) is 2. The molecular formula is C21H18F3N3O2. The molecule has 4 rings (SSSR count). The third-order valence-electron chi connectivity index (χ3n) is 5.09. The molecule has 0 aliphatic carbocycles. The summed E-state index contributed by atoms with van der Waals surface area (Å²) in [7, 11) is 0. The van der Waals surface area contributed by atoms with Gasteiger partial charge in [-0.15, -0.1) is 0 Å². The Kier molecular flexibility index (Phi) is 4.77. The number of halogens is 3. The minimum absolute atomic E-state index is 0.0659. The molecule has 3 aromatic rings. The van der Waals surface area contributed by atoms with Gasteiger partial charge in [0.2, 0.25) is 0 Å². The number of carbonyl (C=O) groups excluding carboxylic acids is 1. The van der Waals surface area contributed by atoms with E-state index in [9.17, 15) is 22.8 Å². The van der Waals surface area contributed by atoms with Gasteiger partial charge in [-0.25, -0.2) is 0 Å². The Morgan fingerprint density at radius 2 is 1.66 bits per heavy atom. The Labute approximate surface area is 164 Å². The van der Waals surface area contributed by atoms with Crippen LogP contribution in [0.3, 0.4) is 0 Å². The van der Waals surface area contributed by atoms with Crippen LogP contribution in [0, 0.1) is 0 Å². The summed E-state index contributed by atoms with van der Waals surface area (Å²) in [5.41, 5.74) is 0.0420. The zero-order chi connectivity index (χ0) is 20.6. The van der Waals surface area contributed by atoms with Crippen LogP contribution in [0.25, 0.3) is 10.9 Å². The zero-order valence-corrected chi connectivity index (χ0v) is 15.4. The predicted molar refractivity (Wildman–Crippen MR) is 104 cm³/mol. The maximum atomic E-state index is 12.9. The van der Waals surface area contributed by atoms with Crippen LogP contribution in [0.2, 0.25) is 0 Å². The Hall–Kier alpha value is -3.29. The summed E-state index contributed by atoms with van der Waals surface area (Å²) >= 11 is 0. The number of hydrogen-bond donors (Lipinski definition) is 1. The van der Waals surface area contributed by atoms with E-state index >= 15 is 0 Å². The van der Waals surface area contributed by atoms with Gasteiger partial charge in [0.1, 0.15) is 5.56 Å². The molecule has 2 aromatic carbocycles. The van der Waals surface area contributed by atoms with E-state index in [-0.39, 0.29) is 11.5 Å². The molecule has 1 aliphatic heterocycles. The van der Waals surface area contributed by atoms with Crippen molar-refractivity contribution in [2.75, 3.05) is 31.1 Å². The van der Waals surface area contributed by atoms with E-state index < -0.39 is 17.3 Å². The fraction of sp³-hybridized carbons (Fsp3) is 0.238. The quantitative estimate of drug-likeness (QED) is 0.715. The highest BCUT2D eigenvalue weighted by atomic mass is 19.4. The van der Waals surface area contributed by atoms with E-state index in [0.29, 0.717) is 37.4 Å². The molecule has 150 valence electrons. The van der Waals surface area contributed by atoms with E-state index in [2.05, 4.69) is 4.98 Å². The van der Waals surface area contributed by atoms with Crippen LogP contribution in [0.5, 0.6) is 0 Å². The van der Waals surface area contributed by atoms with Crippen LogP contribution >= 0.6 is 0 Å². The maximum absolute atomic E-state index is 12.9. The average Bonchev–Trinajstić information content (AvgIpc) is 2.72. The van der Waals surface area contributed by atoms with Crippen LogP contribution in [0.4, 0.5) is 18.9 Å². The monoisotopic (exact) mass is 401 g/mol. The molecule has 1 amide bonds. The van der Waals surface area contributed by atoms with Crippen molar-refractivity contribution in [3.63, 3.8) is 0 Å². The number of fused-ring (bicyclic) bond motifs is 1. The van der Waals surface area contributed by atoms with Crippen LogP contribution in [0.15, 0.2) is 59.4 Å². The number of alkyl halides is 3. The highest BCUT2D eigenvalue weighted by Crippen LogP contribution is 2.31. The molecule has 0 bridgehead atoms. The largest absolute Gasteiger partial charge is 0.416 e. The molecule has 0 radical (unpaired) electrons. The first-order chi connectivity index (χ1) is 13.8. The van der Waals surface area contributed by atoms with Crippen LogP contribution in [0.1, 0.15) is 15.9 Å². The smallest absolute Gasteiger partial charge is 0.368 e. The first kappa shape index (κ1) is 19.0. The van der Waals surface area contributed by atoms with Crippen molar-refractivity contribution in [2.24, 2.45) is 0 Å². The number of para-hydroxylation sites is 1. The van der Waals surface area contributed by atoms with Gasteiger partial charge in [0, 0.05) is 37.4 Å². The van der Waals surface area contributed by atoms with Gasteiger partial charge in [0.05, 0.1) is 5.56 Å². The predicted octanol–water partition coefficient (Wildman–Crippen LogP) is 3.51. The second kappa shape index (κ2) is 7.27. The number of benzene rings is 2. The summed E-state index contributed by atoms with van der Waals surface area (Å²) in [6.45, 7) is 1.42. The van der Waals surface area contributed by atoms with Crippen molar-refractivity contribution in [2.45, 2.75) is 6.18 Å². The Bertz CT molecular complexity index is 1120. The lowest BCUT2D eigenvalue weighted by Gasteiger charge is -2.36. The number of aromatic nitrogens is 1. The standard InChI is InChI=1S/C21H18F3N3O2/c22-21(23,24)15-5-3-6-16(13-15)26-8-10-27(11-9-26)20(29)17-12-14-4-1-2-7-18(14)25-19(17)28/h1-7,12-13H,8-11H2,(H,25,28). The lowest BCUT2D eigenvalue weighted by Crippen LogP contribution is -2.49. The number of nitrogens with one attached hydrogen (secondary N) is 1. The number of piperazine rings is 1. The van der Waals surface area contributed by atoms with Gasteiger partial charge in [-0.05, 0) is 35.7 Å². The van der Waals surface area contributed by atoms with E-state index in [4.69, 9.17) is 0 Å². The molecule has 2 heterocycles. The molecule has 1 saturated heterocycles. The fourth-order valence-corrected chi connectivity index (χ4v) is 3.52. The Balaban J connectivity index is 1.49. The molecule has 1 aliphatic rings. The maximum Gasteiger partial charge on any atom is 0.416 e. The SMILES string of the molecule is O=C(c1cc2ccccc2[nH]c1=O)N1CCN(c2cccc(C(F)(F)F)c2)CC1. The lowest BCUT2D eigenvalue weighted by molar-refractivity contribution is -0.137. The van der Waals surface area contributed by atoms with Gasteiger partial charge in [-0.1, -0.05) is 24.3 Å². The van der Waals surface area contributed by atoms with Gasteiger partial charge in [-0.3, -0.25) is 9.59 Å². The highest BCUT2D eigenvalue weighted by Gasteiger charge is 2.31. The van der Waals surface area contributed by atoms with Crippen molar-refractivity contribution < 1.29 is 18.0 Å². The molecule has 29 heavy (non-hydrogen) atoms. The number of anilines is 1. The second-order valence-electron chi connectivity index (χ2n) is 6.93. The summed E-state index contributed by atoms with van der Waals surface area (Å²) < 4.78 is 38.8. The number of H-pyrrole nitrogens is 1.